The number of carboxylic acids is 1. The van der Waals surface area contributed by atoms with Gasteiger partial charge in [0.2, 0.25) is 0 Å². The second kappa shape index (κ2) is 6.09. The number of likely N-dealkylation sites (tertiary alicyclic amines) is 1. The summed E-state index contributed by atoms with van der Waals surface area (Å²) in [5, 5.41) is 20.0. The summed E-state index contributed by atoms with van der Waals surface area (Å²) in [7, 11) is 1.51. The number of nitrogens with zero attached hydrogens (tertiary/aromatic N) is 2. The molecule has 1 heterocycles. The van der Waals surface area contributed by atoms with Gasteiger partial charge in [0.25, 0.3) is 5.69 Å². The van der Waals surface area contributed by atoms with Crippen LogP contribution in [0.1, 0.15) is 18.9 Å². The van der Waals surface area contributed by atoms with Gasteiger partial charge in [-0.1, -0.05) is 0 Å². The number of methoxy groups -OCH3 is 1. The zero-order chi connectivity index (χ0) is 15.6. The Balaban J connectivity index is 2.21. The smallest absolute Gasteiger partial charge is 0.308 e. The zero-order valence-corrected chi connectivity index (χ0v) is 12.0. The van der Waals surface area contributed by atoms with E-state index in [2.05, 4.69) is 0 Å². The van der Waals surface area contributed by atoms with E-state index in [1.54, 1.807) is 6.07 Å². The highest BCUT2D eigenvalue weighted by molar-refractivity contribution is 5.71. The molecule has 114 valence electrons. The van der Waals surface area contributed by atoms with Crippen molar-refractivity contribution in [1.82, 2.24) is 4.90 Å². The van der Waals surface area contributed by atoms with Gasteiger partial charge < -0.3 is 9.84 Å². The van der Waals surface area contributed by atoms with Gasteiger partial charge in [-0.05, 0) is 26.0 Å². The molecule has 1 fully saturated rings. The van der Waals surface area contributed by atoms with E-state index in [1.807, 2.05) is 11.8 Å². The lowest BCUT2D eigenvalue weighted by atomic mass is 10.0. The topological polar surface area (TPSA) is 92.9 Å². The summed E-state index contributed by atoms with van der Waals surface area (Å²) in [6, 6.07) is 4.35. The molecule has 2 rings (SSSR count). The van der Waals surface area contributed by atoms with Gasteiger partial charge in [-0.15, -0.1) is 0 Å². The minimum Gasteiger partial charge on any atom is -0.496 e. The number of rotatable bonds is 5. The summed E-state index contributed by atoms with van der Waals surface area (Å²) in [5.74, 6) is -0.614. The fourth-order valence-electron chi connectivity index (χ4n) is 2.78. The molecular weight excluding hydrogens is 276 g/mol. The Labute approximate surface area is 122 Å². The number of ether oxygens (including phenoxy) is 1. The van der Waals surface area contributed by atoms with E-state index in [9.17, 15) is 14.9 Å². The van der Waals surface area contributed by atoms with E-state index < -0.39 is 16.8 Å². The van der Waals surface area contributed by atoms with Gasteiger partial charge in [0, 0.05) is 30.3 Å². The molecule has 2 atom stereocenters. The Hall–Kier alpha value is -2.15. The van der Waals surface area contributed by atoms with Gasteiger partial charge in [0.05, 0.1) is 18.0 Å². The van der Waals surface area contributed by atoms with Crippen LogP contribution in [0.15, 0.2) is 18.2 Å². The average molecular weight is 294 g/mol. The highest BCUT2D eigenvalue weighted by Crippen LogP contribution is 2.30. The number of carboxylic acid groups (broad SMARTS) is 1. The minimum atomic E-state index is -0.795. The number of nitro groups is 1. The second-order valence-corrected chi connectivity index (χ2v) is 5.20. The van der Waals surface area contributed by atoms with E-state index in [0.717, 1.165) is 0 Å². The van der Waals surface area contributed by atoms with E-state index in [1.165, 1.54) is 19.2 Å². The fraction of sp³-hybridized carbons (Fsp3) is 0.500. The van der Waals surface area contributed by atoms with Crippen LogP contribution in [0.25, 0.3) is 0 Å². The van der Waals surface area contributed by atoms with Crippen LogP contribution in [0.4, 0.5) is 5.69 Å². The minimum absolute atomic E-state index is 0.00688. The summed E-state index contributed by atoms with van der Waals surface area (Å²) in [6.45, 7) is 2.97. The second-order valence-electron chi connectivity index (χ2n) is 5.20. The predicted molar refractivity (Wildman–Crippen MR) is 75.3 cm³/mol. The van der Waals surface area contributed by atoms with Crippen molar-refractivity contribution in [2.24, 2.45) is 5.92 Å². The molecule has 0 amide bonds. The van der Waals surface area contributed by atoms with E-state index >= 15 is 0 Å². The molecule has 0 aliphatic carbocycles. The van der Waals surface area contributed by atoms with Crippen molar-refractivity contribution in [2.75, 3.05) is 13.7 Å². The van der Waals surface area contributed by atoms with Gasteiger partial charge in [-0.3, -0.25) is 19.8 Å². The third-order valence-corrected chi connectivity index (χ3v) is 4.05. The zero-order valence-electron chi connectivity index (χ0n) is 12.0. The van der Waals surface area contributed by atoms with Crippen molar-refractivity contribution in [3.05, 3.63) is 33.9 Å². The normalized spacial score (nSPS) is 22.2. The van der Waals surface area contributed by atoms with Gasteiger partial charge in [-0.2, -0.15) is 0 Å². The molecule has 0 bridgehead atoms. The van der Waals surface area contributed by atoms with E-state index in [4.69, 9.17) is 9.84 Å². The third kappa shape index (κ3) is 3.13. The van der Waals surface area contributed by atoms with Gasteiger partial charge in [0.15, 0.2) is 0 Å². The van der Waals surface area contributed by atoms with Crippen LogP contribution in [0, 0.1) is 16.0 Å². The highest BCUT2D eigenvalue weighted by atomic mass is 16.6. The summed E-state index contributed by atoms with van der Waals surface area (Å²) < 4.78 is 5.23. The maximum absolute atomic E-state index is 11.1. The molecule has 1 N–H and O–H groups in total. The molecule has 1 saturated heterocycles. The third-order valence-electron chi connectivity index (χ3n) is 4.05. The van der Waals surface area contributed by atoms with E-state index in [-0.39, 0.29) is 11.7 Å². The molecule has 1 aromatic carbocycles. The number of aliphatic carboxylic acids is 1. The largest absolute Gasteiger partial charge is 0.496 e. The molecule has 21 heavy (non-hydrogen) atoms. The number of benzene rings is 1. The molecule has 0 spiro atoms. The molecule has 0 saturated carbocycles. The van der Waals surface area contributed by atoms with Crippen LogP contribution in [0.3, 0.4) is 0 Å². The molecule has 7 nitrogen and oxygen atoms in total. The van der Waals surface area contributed by atoms with Gasteiger partial charge in [-0.25, -0.2) is 0 Å². The lowest BCUT2D eigenvalue weighted by Gasteiger charge is -2.23. The van der Waals surface area contributed by atoms with Crippen molar-refractivity contribution in [3.8, 4) is 5.75 Å². The van der Waals surface area contributed by atoms with Crippen molar-refractivity contribution < 1.29 is 19.6 Å². The van der Waals surface area contributed by atoms with Crippen LogP contribution in [0.2, 0.25) is 0 Å². The number of hydrogen-bond donors (Lipinski definition) is 1. The molecule has 1 aliphatic rings. The first-order valence-corrected chi connectivity index (χ1v) is 6.72. The van der Waals surface area contributed by atoms with Crippen molar-refractivity contribution in [3.63, 3.8) is 0 Å². The summed E-state index contributed by atoms with van der Waals surface area (Å²) in [6.07, 6.45) is 0.591. The maximum Gasteiger partial charge on any atom is 0.308 e. The van der Waals surface area contributed by atoms with Crippen LogP contribution in [-0.2, 0) is 11.3 Å². The first kappa shape index (κ1) is 15.2. The van der Waals surface area contributed by atoms with Gasteiger partial charge >= 0.3 is 5.97 Å². The highest BCUT2D eigenvalue weighted by Gasteiger charge is 2.35. The van der Waals surface area contributed by atoms with Crippen molar-refractivity contribution in [2.45, 2.75) is 25.9 Å². The first-order valence-electron chi connectivity index (χ1n) is 6.72. The van der Waals surface area contributed by atoms with Crippen LogP contribution in [-0.4, -0.2) is 40.6 Å². The average Bonchev–Trinajstić information content (AvgIpc) is 2.80. The lowest BCUT2D eigenvalue weighted by molar-refractivity contribution is -0.385. The number of non-ortho nitro benzene ring substituents is 1. The Kier molecular flexibility index (Phi) is 4.42. The Morgan fingerprint density at radius 2 is 2.29 bits per heavy atom. The van der Waals surface area contributed by atoms with Gasteiger partial charge in [0.1, 0.15) is 5.75 Å². The molecule has 0 aromatic heterocycles. The monoisotopic (exact) mass is 294 g/mol. The van der Waals surface area contributed by atoms with Crippen molar-refractivity contribution >= 4 is 11.7 Å². The maximum atomic E-state index is 11.1. The molecule has 0 radical (unpaired) electrons. The van der Waals surface area contributed by atoms with E-state index in [0.29, 0.717) is 30.8 Å². The SMILES string of the molecule is COc1ccc([N+](=O)[O-])cc1CN1CCC(C(=O)O)C1C. The summed E-state index contributed by atoms with van der Waals surface area (Å²) >= 11 is 0. The Morgan fingerprint density at radius 1 is 1.57 bits per heavy atom. The fourth-order valence-corrected chi connectivity index (χ4v) is 2.78. The van der Waals surface area contributed by atoms with Crippen LogP contribution in [0.5, 0.6) is 5.75 Å². The Bertz CT molecular complexity index is 560. The van der Waals surface area contributed by atoms with Crippen molar-refractivity contribution in [1.29, 1.82) is 0 Å². The summed E-state index contributed by atoms with van der Waals surface area (Å²) in [5.41, 5.74) is 0.706. The predicted octanol–water partition coefficient (Wildman–Crippen LogP) is 1.90. The molecule has 1 aliphatic heterocycles. The first-order chi connectivity index (χ1) is 9.93. The Morgan fingerprint density at radius 3 is 2.81 bits per heavy atom. The van der Waals surface area contributed by atoms with Crippen LogP contribution >= 0.6 is 0 Å². The number of nitro benzene ring substituents is 1. The summed E-state index contributed by atoms with van der Waals surface area (Å²) in [4.78, 5) is 23.6. The molecule has 7 heteroatoms. The molecular formula is C14H18N2O5. The molecule has 1 aromatic rings. The quantitative estimate of drug-likeness (QED) is 0.658. The van der Waals surface area contributed by atoms with Crippen LogP contribution < -0.4 is 4.74 Å². The number of carbonyl (C=O) groups is 1. The lowest BCUT2D eigenvalue weighted by Crippen LogP contribution is -2.32. The standard InChI is InChI=1S/C14H18N2O5/c1-9-12(14(17)18)5-6-15(9)8-10-7-11(16(19)20)3-4-13(10)21-2/h3-4,7,9,12H,5-6,8H2,1-2H3,(H,17,18). The number of hydrogen-bond acceptors (Lipinski definition) is 5. The molecule has 2 unspecified atom stereocenters.